The molecule has 42 heavy (non-hydrogen) atoms. The summed E-state index contributed by atoms with van der Waals surface area (Å²) in [6.07, 6.45) is 9.99. The fourth-order valence-corrected chi connectivity index (χ4v) is 7.10. The maximum atomic E-state index is 14.6. The molecule has 0 amide bonds. The minimum atomic E-state index is -0.957. The number of allylic oxidation sites excluding steroid dienone is 3. The summed E-state index contributed by atoms with van der Waals surface area (Å²) in [7, 11) is 5.05. The molecule has 3 aliphatic rings. The highest BCUT2D eigenvalue weighted by Crippen LogP contribution is 2.59. The fraction of sp³-hybridized carbons (Fsp3) is 0.243. The van der Waals surface area contributed by atoms with Gasteiger partial charge < -0.3 is 18.9 Å². The van der Waals surface area contributed by atoms with Gasteiger partial charge in [0.1, 0.15) is 23.1 Å². The van der Waals surface area contributed by atoms with Gasteiger partial charge in [0.05, 0.1) is 27.1 Å². The van der Waals surface area contributed by atoms with Crippen molar-refractivity contribution in [2.24, 2.45) is 0 Å². The monoisotopic (exact) mass is 560 g/mol. The van der Waals surface area contributed by atoms with Crippen molar-refractivity contribution in [3.05, 3.63) is 118 Å². The lowest BCUT2D eigenvalue weighted by Gasteiger charge is -2.41. The molecule has 4 aromatic rings. The molecule has 1 aliphatic heterocycles. The molecule has 4 nitrogen and oxygen atoms in total. The Kier molecular flexibility index (Phi) is 5.98. The van der Waals surface area contributed by atoms with E-state index in [2.05, 4.69) is 50.3 Å². The van der Waals surface area contributed by atoms with Gasteiger partial charge in [-0.25, -0.2) is 4.39 Å². The molecule has 5 heteroatoms. The first-order valence-corrected chi connectivity index (χ1v) is 14.3. The Morgan fingerprint density at radius 1 is 0.810 bits per heavy atom. The first-order valence-electron chi connectivity index (χ1n) is 14.3. The number of ether oxygens (including phenoxy) is 4. The van der Waals surface area contributed by atoms with Gasteiger partial charge in [0.2, 0.25) is 0 Å². The Bertz CT molecular complexity index is 1860. The standard InChI is InChI=1S/C37H33FO4/c1-36(2)30-20-23(38)12-16-28(30)33-26-8-6-7-9-27(26)35-29(34(33)36)18-19-37(42-35,22-10-13-24(39-3)14-11-22)31-21-25(40-4)15-17-32(31)41-5/h6-10,12-13,15-21H,11,14H2,1-5H3. The lowest BCUT2D eigenvalue weighted by molar-refractivity contribution is 0.147. The molecule has 0 spiro atoms. The number of benzene rings is 4. The van der Waals surface area contributed by atoms with Crippen LogP contribution in [0.25, 0.3) is 28.0 Å². The van der Waals surface area contributed by atoms with E-state index in [1.54, 1.807) is 33.5 Å². The summed E-state index contributed by atoms with van der Waals surface area (Å²) in [5, 5.41) is 2.10. The molecular weight excluding hydrogens is 527 g/mol. The van der Waals surface area contributed by atoms with Crippen LogP contribution in [0.3, 0.4) is 0 Å². The van der Waals surface area contributed by atoms with Gasteiger partial charge >= 0.3 is 0 Å². The van der Waals surface area contributed by atoms with Crippen LogP contribution in [0, 0.1) is 5.82 Å². The highest BCUT2D eigenvalue weighted by Gasteiger charge is 2.46. The maximum absolute atomic E-state index is 14.6. The molecule has 0 radical (unpaired) electrons. The molecule has 0 fully saturated rings. The third-order valence-corrected chi connectivity index (χ3v) is 9.16. The van der Waals surface area contributed by atoms with Crippen LogP contribution in [-0.2, 0) is 15.8 Å². The summed E-state index contributed by atoms with van der Waals surface area (Å²) in [6, 6.07) is 19.4. The molecule has 0 N–H and O–H groups in total. The van der Waals surface area contributed by atoms with Crippen molar-refractivity contribution >= 4 is 16.8 Å². The Balaban J connectivity index is 1.55. The van der Waals surface area contributed by atoms with Crippen molar-refractivity contribution in [2.45, 2.75) is 37.7 Å². The van der Waals surface area contributed by atoms with Gasteiger partial charge in [-0.3, -0.25) is 0 Å². The van der Waals surface area contributed by atoms with Crippen molar-refractivity contribution in [1.29, 1.82) is 0 Å². The molecule has 0 bridgehead atoms. The maximum Gasteiger partial charge on any atom is 0.178 e. The van der Waals surface area contributed by atoms with Gasteiger partial charge in [0, 0.05) is 28.3 Å². The summed E-state index contributed by atoms with van der Waals surface area (Å²) < 4.78 is 39.1. The second-order valence-corrected chi connectivity index (χ2v) is 11.6. The molecule has 0 aromatic heterocycles. The number of hydrogen-bond donors (Lipinski definition) is 0. The summed E-state index contributed by atoms with van der Waals surface area (Å²) >= 11 is 0. The van der Waals surface area contributed by atoms with Gasteiger partial charge in [-0.1, -0.05) is 56.3 Å². The fourth-order valence-electron chi connectivity index (χ4n) is 7.10. The van der Waals surface area contributed by atoms with E-state index in [4.69, 9.17) is 18.9 Å². The highest BCUT2D eigenvalue weighted by atomic mass is 19.1. The summed E-state index contributed by atoms with van der Waals surface area (Å²) in [5.74, 6) is 2.94. The predicted octanol–water partition coefficient (Wildman–Crippen LogP) is 8.85. The van der Waals surface area contributed by atoms with E-state index in [0.717, 1.165) is 79.8 Å². The Labute approximate surface area is 245 Å². The van der Waals surface area contributed by atoms with Crippen molar-refractivity contribution in [3.63, 3.8) is 0 Å². The lowest BCUT2D eigenvalue weighted by Crippen LogP contribution is -2.37. The number of rotatable bonds is 5. The topological polar surface area (TPSA) is 36.9 Å². The number of methoxy groups -OCH3 is 3. The van der Waals surface area contributed by atoms with E-state index in [0.29, 0.717) is 5.75 Å². The predicted molar refractivity (Wildman–Crippen MR) is 165 cm³/mol. The van der Waals surface area contributed by atoms with Crippen LogP contribution in [0.5, 0.6) is 17.2 Å². The molecule has 212 valence electrons. The van der Waals surface area contributed by atoms with Crippen LogP contribution in [0.1, 0.15) is 48.9 Å². The summed E-state index contributed by atoms with van der Waals surface area (Å²) in [4.78, 5) is 0. The Hall–Kier alpha value is -4.51. The number of hydrogen-bond acceptors (Lipinski definition) is 4. The third-order valence-electron chi connectivity index (χ3n) is 9.16. The van der Waals surface area contributed by atoms with Gasteiger partial charge in [0.25, 0.3) is 0 Å². The van der Waals surface area contributed by atoms with Crippen LogP contribution in [0.4, 0.5) is 4.39 Å². The van der Waals surface area contributed by atoms with Gasteiger partial charge in [-0.2, -0.15) is 0 Å². The zero-order chi connectivity index (χ0) is 29.2. The second kappa shape index (κ2) is 9.52. The smallest absolute Gasteiger partial charge is 0.178 e. The molecule has 0 saturated carbocycles. The van der Waals surface area contributed by atoms with Gasteiger partial charge in [0.15, 0.2) is 5.60 Å². The van der Waals surface area contributed by atoms with Gasteiger partial charge in [-0.05, 0) is 82.1 Å². The Morgan fingerprint density at radius 3 is 2.33 bits per heavy atom. The molecule has 7 rings (SSSR count). The number of fused-ring (bicyclic) bond motifs is 8. The van der Waals surface area contributed by atoms with Crippen LogP contribution in [0.2, 0.25) is 0 Å². The van der Waals surface area contributed by atoms with Crippen molar-refractivity contribution in [2.75, 3.05) is 21.3 Å². The first-order chi connectivity index (χ1) is 20.3. The second-order valence-electron chi connectivity index (χ2n) is 11.6. The molecule has 1 heterocycles. The van der Waals surface area contributed by atoms with Crippen molar-refractivity contribution in [1.82, 2.24) is 0 Å². The zero-order valence-electron chi connectivity index (χ0n) is 24.5. The summed E-state index contributed by atoms with van der Waals surface area (Å²) in [5.41, 5.74) is 5.95. The molecular formula is C37H33FO4. The van der Waals surface area contributed by atoms with E-state index in [-0.39, 0.29) is 5.82 Å². The number of halogens is 1. The van der Waals surface area contributed by atoms with E-state index in [1.165, 1.54) is 0 Å². The average Bonchev–Trinajstić information content (AvgIpc) is 3.26. The molecule has 1 unspecified atom stereocenters. The molecule has 4 aromatic carbocycles. The Morgan fingerprint density at radius 2 is 1.62 bits per heavy atom. The average molecular weight is 561 g/mol. The molecule has 2 aliphatic carbocycles. The molecule has 0 saturated heterocycles. The van der Waals surface area contributed by atoms with Crippen LogP contribution in [0.15, 0.2) is 90.2 Å². The van der Waals surface area contributed by atoms with Crippen molar-refractivity contribution in [3.8, 4) is 28.4 Å². The minimum absolute atomic E-state index is 0.226. The van der Waals surface area contributed by atoms with E-state index in [1.807, 2.05) is 36.4 Å². The van der Waals surface area contributed by atoms with Crippen molar-refractivity contribution < 1.29 is 23.3 Å². The quantitative estimate of drug-likeness (QED) is 0.244. The van der Waals surface area contributed by atoms with E-state index in [9.17, 15) is 4.39 Å². The van der Waals surface area contributed by atoms with Crippen LogP contribution < -0.4 is 14.2 Å². The SMILES string of the molecule is COC1=CC=C(C2(c3cc(OC)ccc3OC)C=Cc3c4c(c5ccccc5c3O2)-c2ccc(F)cc2C4(C)C)CC1. The summed E-state index contributed by atoms with van der Waals surface area (Å²) in [6.45, 7) is 4.35. The van der Waals surface area contributed by atoms with E-state index >= 15 is 0 Å². The largest absolute Gasteiger partial charge is 0.501 e. The van der Waals surface area contributed by atoms with Gasteiger partial charge in [-0.15, -0.1) is 0 Å². The minimum Gasteiger partial charge on any atom is -0.501 e. The zero-order valence-corrected chi connectivity index (χ0v) is 24.5. The van der Waals surface area contributed by atoms with Crippen LogP contribution in [-0.4, -0.2) is 21.3 Å². The highest BCUT2D eigenvalue weighted by molar-refractivity contribution is 6.08. The first kappa shape index (κ1) is 26.4. The lowest BCUT2D eigenvalue weighted by atomic mass is 9.75. The van der Waals surface area contributed by atoms with E-state index < -0.39 is 11.0 Å². The normalized spacial score (nSPS) is 19.7. The third kappa shape index (κ3) is 3.65. The van der Waals surface area contributed by atoms with Crippen LogP contribution >= 0.6 is 0 Å². The molecule has 1 atom stereocenters.